The molecule has 2 aromatic rings. The van der Waals surface area contributed by atoms with Crippen molar-refractivity contribution in [2.24, 2.45) is 0 Å². The van der Waals surface area contributed by atoms with E-state index in [1.54, 1.807) is 24.0 Å². The lowest BCUT2D eigenvalue weighted by Crippen LogP contribution is -2.36. The number of likely N-dealkylation sites (tertiary alicyclic amines) is 1. The van der Waals surface area contributed by atoms with E-state index in [0.717, 1.165) is 19.3 Å². The van der Waals surface area contributed by atoms with Crippen LogP contribution in [0.1, 0.15) is 35.2 Å². The van der Waals surface area contributed by atoms with Crippen molar-refractivity contribution in [1.29, 1.82) is 0 Å². The Morgan fingerprint density at radius 1 is 1.08 bits per heavy atom. The number of nitrogens with zero attached hydrogens (tertiary/aromatic N) is 1. The summed E-state index contributed by atoms with van der Waals surface area (Å²) in [5, 5.41) is 0. The van der Waals surface area contributed by atoms with E-state index in [0.29, 0.717) is 24.2 Å². The number of anilines is 1. The monoisotopic (exact) mass is 376 g/mol. The molecule has 1 aliphatic heterocycles. The third-order valence-corrected chi connectivity index (χ3v) is 5.87. The second-order valence-corrected chi connectivity index (χ2v) is 8.10. The molecule has 0 bridgehead atoms. The van der Waals surface area contributed by atoms with Gasteiger partial charge in [0.05, 0.1) is 10.6 Å². The summed E-state index contributed by atoms with van der Waals surface area (Å²) < 4.78 is 41.2. The molecule has 2 aromatic carbocycles. The van der Waals surface area contributed by atoms with E-state index >= 15 is 0 Å². The van der Waals surface area contributed by atoms with Crippen LogP contribution < -0.4 is 4.72 Å². The number of benzene rings is 2. The molecule has 0 aromatic heterocycles. The molecular weight excluding hydrogens is 355 g/mol. The van der Waals surface area contributed by atoms with Crippen LogP contribution in [0.4, 0.5) is 10.1 Å². The highest BCUT2D eigenvalue weighted by molar-refractivity contribution is 7.92. The topological polar surface area (TPSA) is 66.5 Å². The first kappa shape index (κ1) is 18.4. The number of sulfonamides is 1. The standard InChI is InChI=1S/C19H21FN2O3S/c1-14-9-10-15(13-16(14)19(23)22-11-5-2-6-12-22)26(24,25)21-18-8-4-3-7-17(18)20/h3-4,7-10,13,21H,2,5-6,11-12H2,1H3. The molecule has 1 fully saturated rings. The highest BCUT2D eigenvalue weighted by Crippen LogP contribution is 2.23. The van der Waals surface area contributed by atoms with Gasteiger partial charge in [-0.2, -0.15) is 0 Å². The molecule has 3 rings (SSSR count). The van der Waals surface area contributed by atoms with Crippen LogP contribution in [0.5, 0.6) is 0 Å². The van der Waals surface area contributed by atoms with Crippen molar-refractivity contribution >= 4 is 21.6 Å². The van der Waals surface area contributed by atoms with E-state index < -0.39 is 15.8 Å². The number of piperidine rings is 1. The minimum absolute atomic E-state index is 0.0632. The van der Waals surface area contributed by atoms with E-state index in [1.165, 1.54) is 30.3 Å². The third kappa shape index (κ3) is 3.88. The van der Waals surface area contributed by atoms with E-state index in [-0.39, 0.29) is 16.5 Å². The summed E-state index contributed by atoms with van der Waals surface area (Å²) in [7, 11) is -4.00. The van der Waals surface area contributed by atoms with Gasteiger partial charge in [-0.15, -0.1) is 0 Å². The van der Waals surface area contributed by atoms with Gasteiger partial charge in [-0.25, -0.2) is 12.8 Å². The Morgan fingerprint density at radius 3 is 2.46 bits per heavy atom. The van der Waals surface area contributed by atoms with Gasteiger partial charge >= 0.3 is 0 Å². The molecule has 1 aliphatic rings. The van der Waals surface area contributed by atoms with Crippen LogP contribution in [0.15, 0.2) is 47.4 Å². The molecule has 0 spiro atoms. The van der Waals surface area contributed by atoms with E-state index in [2.05, 4.69) is 4.72 Å². The number of amides is 1. The molecule has 1 saturated heterocycles. The highest BCUT2D eigenvalue weighted by Gasteiger charge is 2.23. The zero-order chi connectivity index (χ0) is 18.7. The van der Waals surface area contributed by atoms with Crippen molar-refractivity contribution in [2.45, 2.75) is 31.1 Å². The van der Waals surface area contributed by atoms with Gasteiger partial charge in [-0.3, -0.25) is 9.52 Å². The van der Waals surface area contributed by atoms with Crippen molar-refractivity contribution in [3.05, 3.63) is 59.4 Å². The van der Waals surface area contributed by atoms with Gasteiger partial charge in [-0.05, 0) is 56.0 Å². The summed E-state index contributed by atoms with van der Waals surface area (Å²) >= 11 is 0. The van der Waals surface area contributed by atoms with Gasteiger partial charge in [0, 0.05) is 18.7 Å². The van der Waals surface area contributed by atoms with Crippen LogP contribution in [-0.2, 0) is 10.0 Å². The van der Waals surface area contributed by atoms with Gasteiger partial charge in [0.15, 0.2) is 0 Å². The lowest BCUT2D eigenvalue weighted by molar-refractivity contribution is 0.0723. The van der Waals surface area contributed by atoms with Crippen molar-refractivity contribution in [3.63, 3.8) is 0 Å². The Labute approximate surface area is 152 Å². The maximum absolute atomic E-state index is 13.8. The summed E-state index contributed by atoms with van der Waals surface area (Å²) in [6.07, 6.45) is 3.01. The molecule has 1 heterocycles. The fraction of sp³-hybridized carbons (Fsp3) is 0.316. The highest BCUT2D eigenvalue weighted by atomic mass is 32.2. The minimum Gasteiger partial charge on any atom is -0.339 e. The normalized spacial score (nSPS) is 14.9. The average molecular weight is 376 g/mol. The summed E-state index contributed by atoms with van der Waals surface area (Å²) in [5.74, 6) is -0.821. The molecule has 138 valence electrons. The lowest BCUT2D eigenvalue weighted by atomic mass is 10.1. The Kier molecular flexibility index (Phi) is 5.27. The van der Waals surface area contributed by atoms with Gasteiger partial charge < -0.3 is 4.90 Å². The van der Waals surface area contributed by atoms with Crippen molar-refractivity contribution in [1.82, 2.24) is 4.90 Å². The van der Waals surface area contributed by atoms with Crippen molar-refractivity contribution in [3.8, 4) is 0 Å². The minimum atomic E-state index is -4.00. The molecule has 7 heteroatoms. The molecular formula is C19H21FN2O3S. The number of para-hydroxylation sites is 1. The Bertz CT molecular complexity index is 922. The van der Waals surface area contributed by atoms with Crippen LogP contribution in [0.25, 0.3) is 0 Å². The number of carbonyl (C=O) groups is 1. The first-order valence-corrected chi connectivity index (χ1v) is 10.0. The largest absolute Gasteiger partial charge is 0.339 e. The van der Waals surface area contributed by atoms with Crippen molar-refractivity contribution < 1.29 is 17.6 Å². The number of hydrogen-bond acceptors (Lipinski definition) is 3. The van der Waals surface area contributed by atoms with E-state index in [4.69, 9.17) is 0 Å². The number of carbonyl (C=O) groups excluding carboxylic acids is 1. The van der Waals surface area contributed by atoms with Gasteiger partial charge in [0.1, 0.15) is 5.82 Å². The van der Waals surface area contributed by atoms with E-state index in [1.807, 2.05) is 0 Å². The first-order valence-electron chi connectivity index (χ1n) is 8.56. The first-order chi connectivity index (χ1) is 12.4. The predicted molar refractivity (Wildman–Crippen MR) is 98.1 cm³/mol. The van der Waals surface area contributed by atoms with Gasteiger partial charge in [-0.1, -0.05) is 18.2 Å². The summed E-state index contributed by atoms with van der Waals surface area (Å²) in [4.78, 5) is 14.5. The maximum atomic E-state index is 13.8. The molecule has 0 atom stereocenters. The summed E-state index contributed by atoms with van der Waals surface area (Å²) in [6, 6.07) is 9.95. The van der Waals surface area contributed by atoms with Gasteiger partial charge in [0.25, 0.3) is 15.9 Å². The number of rotatable bonds is 4. The Balaban J connectivity index is 1.91. The molecule has 0 unspecified atom stereocenters. The zero-order valence-electron chi connectivity index (χ0n) is 14.5. The number of hydrogen-bond donors (Lipinski definition) is 1. The van der Waals surface area contributed by atoms with Crippen LogP contribution >= 0.6 is 0 Å². The lowest BCUT2D eigenvalue weighted by Gasteiger charge is -2.27. The molecule has 0 saturated carbocycles. The fourth-order valence-corrected chi connectivity index (χ4v) is 4.11. The smallest absolute Gasteiger partial charge is 0.262 e. The second-order valence-electron chi connectivity index (χ2n) is 6.41. The molecule has 26 heavy (non-hydrogen) atoms. The number of aryl methyl sites for hydroxylation is 1. The maximum Gasteiger partial charge on any atom is 0.262 e. The van der Waals surface area contributed by atoms with Crippen molar-refractivity contribution in [2.75, 3.05) is 17.8 Å². The average Bonchev–Trinajstić information content (AvgIpc) is 2.64. The molecule has 5 nitrogen and oxygen atoms in total. The Hall–Kier alpha value is -2.41. The van der Waals surface area contributed by atoms with Crippen LogP contribution in [0.2, 0.25) is 0 Å². The second kappa shape index (κ2) is 7.45. The predicted octanol–water partition coefficient (Wildman–Crippen LogP) is 3.56. The van der Waals surface area contributed by atoms with Crippen LogP contribution in [0, 0.1) is 12.7 Å². The Morgan fingerprint density at radius 2 is 1.77 bits per heavy atom. The molecule has 0 radical (unpaired) electrons. The molecule has 1 N–H and O–H groups in total. The molecule has 0 aliphatic carbocycles. The molecule has 1 amide bonds. The van der Waals surface area contributed by atoms with Gasteiger partial charge in [0.2, 0.25) is 0 Å². The summed E-state index contributed by atoms with van der Waals surface area (Å²) in [6.45, 7) is 3.14. The number of nitrogens with one attached hydrogen (secondary N) is 1. The SMILES string of the molecule is Cc1ccc(S(=O)(=O)Nc2ccccc2F)cc1C(=O)N1CCCCC1. The quantitative estimate of drug-likeness (QED) is 0.887. The summed E-state index contributed by atoms with van der Waals surface area (Å²) in [5.41, 5.74) is 0.950. The third-order valence-electron chi connectivity index (χ3n) is 4.51. The van der Waals surface area contributed by atoms with Crippen LogP contribution in [0.3, 0.4) is 0 Å². The zero-order valence-corrected chi connectivity index (χ0v) is 15.4. The fourth-order valence-electron chi connectivity index (χ4n) is 3.01. The van der Waals surface area contributed by atoms with E-state index in [9.17, 15) is 17.6 Å². The number of halogens is 1. The van der Waals surface area contributed by atoms with Crippen LogP contribution in [-0.4, -0.2) is 32.3 Å².